The van der Waals surface area contributed by atoms with E-state index in [4.69, 9.17) is 11.0 Å². The summed E-state index contributed by atoms with van der Waals surface area (Å²) in [7, 11) is 0. The van der Waals surface area contributed by atoms with Crippen LogP contribution in [0.15, 0.2) is 0 Å². The fraction of sp³-hybridized carbons (Fsp3) is 0.917. The molecule has 3 unspecified atom stereocenters. The average Bonchev–Trinajstić information content (AvgIpc) is 2.30. The van der Waals surface area contributed by atoms with E-state index in [1.165, 1.54) is 25.7 Å². The minimum absolute atomic E-state index is 0.0205. The Hall–Kier alpha value is -0.590. The first kappa shape index (κ1) is 12.5. The smallest absolute Gasteiger partial charge is 0.0951 e. The molecule has 3 atom stereocenters. The van der Waals surface area contributed by atoms with Crippen molar-refractivity contribution < 1.29 is 0 Å². The van der Waals surface area contributed by atoms with Gasteiger partial charge in [0.2, 0.25) is 0 Å². The van der Waals surface area contributed by atoms with Crippen LogP contribution in [0, 0.1) is 17.2 Å². The third-order valence-corrected chi connectivity index (χ3v) is 3.65. The van der Waals surface area contributed by atoms with E-state index >= 15 is 0 Å². The summed E-state index contributed by atoms with van der Waals surface area (Å²) in [4.78, 5) is 2.32. The van der Waals surface area contributed by atoms with E-state index in [0.717, 1.165) is 13.1 Å². The maximum Gasteiger partial charge on any atom is 0.0951 e. The van der Waals surface area contributed by atoms with Crippen LogP contribution in [0.1, 0.15) is 39.5 Å². The van der Waals surface area contributed by atoms with Gasteiger partial charge in [0.1, 0.15) is 0 Å². The molecule has 0 radical (unpaired) electrons. The van der Waals surface area contributed by atoms with Crippen molar-refractivity contribution >= 4 is 0 Å². The summed E-state index contributed by atoms with van der Waals surface area (Å²) in [5.41, 5.74) is 5.82. The molecule has 1 saturated carbocycles. The lowest BCUT2D eigenvalue weighted by molar-refractivity contribution is 0.0963. The molecule has 0 aromatic rings. The summed E-state index contributed by atoms with van der Waals surface area (Å²) >= 11 is 0. The number of nitrogens with zero attached hydrogens (tertiary/aromatic N) is 2. The third kappa shape index (κ3) is 2.93. The van der Waals surface area contributed by atoms with Gasteiger partial charge in [-0.05, 0) is 38.8 Å². The number of rotatable bonds is 4. The highest BCUT2D eigenvalue weighted by atomic mass is 15.2. The molecule has 0 aromatic heterocycles. The van der Waals surface area contributed by atoms with Crippen LogP contribution in [0.2, 0.25) is 0 Å². The van der Waals surface area contributed by atoms with E-state index in [-0.39, 0.29) is 6.04 Å². The molecule has 0 saturated heterocycles. The molecular formula is C12H23N3. The molecule has 0 heterocycles. The highest BCUT2D eigenvalue weighted by molar-refractivity contribution is 4.94. The standard InChI is InChI=1S/C12H23N3/c1-3-15(10(2)8-13)12-7-5-4-6-11(12)9-14/h10-12H,3-7,9,14H2,1-2H3. The van der Waals surface area contributed by atoms with Gasteiger partial charge in [-0.2, -0.15) is 5.26 Å². The van der Waals surface area contributed by atoms with Crippen LogP contribution in [0.3, 0.4) is 0 Å². The van der Waals surface area contributed by atoms with E-state index in [2.05, 4.69) is 17.9 Å². The molecule has 1 fully saturated rings. The lowest BCUT2D eigenvalue weighted by atomic mass is 9.83. The Kier molecular flexibility index (Phi) is 5.07. The summed E-state index contributed by atoms with van der Waals surface area (Å²) < 4.78 is 0. The minimum Gasteiger partial charge on any atom is -0.330 e. The molecule has 1 rings (SSSR count). The minimum atomic E-state index is 0.0205. The third-order valence-electron chi connectivity index (χ3n) is 3.65. The largest absolute Gasteiger partial charge is 0.330 e. The van der Waals surface area contributed by atoms with Crippen LogP contribution in [-0.2, 0) is 0 Å². The molecule has 1 aliphatic carbocycles. The van der Waals surface area contributed by atoms with Gasteiger partial charge in [-0.15, -0.1) is 0 Å². The van der Waals surface area contributed by atoms with Crippen molar-refractivity contribution in [3.8, 4) is 6.07 Å². The highest BCUT2D eigenvalue weighted by Crippen LogP contribution is 2.28. The summed E-state index contributed by atoms with van der Waals surface area (Å²) in [5, 5.41) is 9.00. The van der Waals surface area contributed by atoms with E-state index in [9.17, 15) is 0 Å². The van der Waals surface area contributed by atoms with Gasteiger partial charge < -0.3 is 5.73 Å². The molecule has 0 spiro atoms. The highest BCUT2D eigenvalue weighted by Gasteiger charge is 2.30. The molecule has 2 N–H and O–H groups in total. The Bertz CT molecular complexity index is 221. The lowest BCUT2D eigenvalue weighted by Crippen LogP contribution is -2.48. The Morgan fingerprint density at radius 1 is 1.47 bits per heavy atom. The first-order valence-corrected chi connectivity index (χ1v) is 6.10. The molecule has 3 nitrogen and oxygen atoms in total. The Labute approximate surface area is 93.2 Å². The predicted octanol–water partition coefficient (Wildman–Crippen LogP) is 1.74. The quantitative estimate of drug-likeness (QED) is 0.767. The predicted molar refractivity (Wildman–Crippen MR) is 62.3 cm³/mol. The van der Waals surface area contributed by atoms with E-state index < -0.39 is 0 Å². The first-order valence-electron chi connectivity index (χ1n) is 6.10. The maximum absolute atomic E-state index is 9.00. The zero-order valence-corrected chi connectivity index (χ0v) is 9.95. The van der Waals surface area contributed by atoms with Gasteiger partial charge in [0.25, 0.3) is 0 Å². The molecule has 0 aromatic carbocycles. The second-order valence-electron chi connectivity index (χ2n) is 4.48. The van der Waals surface area contributed by atoms with Gasteiger partial charge in [0, 0.05) is 6.04 Å². The maximum atomic E-state index is 9.00. The van der Waals surface area contributed by atoms with Crippen LogP contribution in [0.4, 0.5) is 0 Å². The summed E-state index contributed by atoms with van der Waals surface area (Å²) in [6.07, 6.45) is 5.03. The van der Waals surface area contributed by atoms with Crippen LogP contribution in [0.5, 0.6) is 0 Å². The zero-order valence-electron chi connectivity index (χ0n) is 9.95. The second kappa shape index (κ2) is 6.09. The second-order valence-corrected chi connectivity index (χ2v) is 4.48. The topological polar surface area (TPSA) is 53.0 Å². The van der Waals surface area contributed by atoms with Gasteiger partial charge in [0.15, 0.2) is 0 Å². The van der Waals surface area contributed by atoms with Crippen molar-refractivity contribution in [3.63, 3.8) is 0 Å². The number of hydrogen-bond acceptors (Lipinski definition) is 3. The average molecular weight is 209 g/mol. The fourth-order valence-electron chi connectivity index (χ4n) is 2.77. The van der Waals surface area contributed by atoms with Crippen LogP contribution >= 0.6 is 0 Å². The zero-order chi connectivity index (χ0) is 11.3. The van der Waals surface area contributed by atoms with Crippen molar-refractivity contribution in [1.29, 1.82) is 5.26 Å². The molecule has 15 heavy (non-hydrogen) atoms. The van der Waals surface area contributed by atoms with E-state index in [1.807, 2.05) is 6.92 Å². The molecule has 86 valence electrons. The molecule has 3 heteroatoms. The van der Waals surface area contributed by atoms with Crippen LogP contribution in [-0.4, -0.2) is 30.1 Å². The summed E-state index contributed by atoms with van der Waals surface area (Å²) in [6, 6.07) is 2.89. The molecule has 0 amide bonds. The van der Waals surface area contributed by atoms with Gasteiger partial charge in [-0.25, -0.2) is 0 Å². The van der Waals surface area contributed by atoms with Crippen molar-refractivity contribution in [2.75, 3.05) is 13.1 Å². The monoisotopic (exact) mass is 209 g/mol. The normalized spacial score (nSPS) is 28.7. The van der Waals surface area contributed by atoms with E-state index in [0.29, 0.717) is 12.0 Å². The number of nitriles is 1. The summed E-state index contributed by atoms with van der Waals surface area (Å²) in [5.74, 6) is 0.592. The van der Waals surface area contributed by atoms with Gasteiger partial charge in [-0.3, -0.25) is 4.90 Å². The van der Waals surface area contributed by atoms with Crippen molar-refractivity contribution in [3.05, 3.63) is 0 Å². The SMILES string of the molecule is CCN(C(C)C#N)C1CCCCC1CN. The van der Waals surface area contributed by atoms with Gasteiger partial charge in [0.05, 0.1) is 12.1 Å². The number of hydrogen-bond donors (Lipinski definition) is 1. The molecular weight excluding hydrogens is 186 g/mol. The fourth-order valence-corrected chi connectivity index (χ4v) is 2.77. The van der Waals surface area contributed by atoms with Crippen molar-refractivity contribution in [1.82, 2.24) is 4.90 Å². The molecule has 1 aliphatic rings. The Morgan fingerprint density at radius 3 is 2.67 bits per heavy atom. The van der Waals surface area contributed by atoms with Crippen molar-refractivity contribution in [2.24, 2.45) is 11.7 Å². The Balaban J connectivity index is 2.68. The number of nitrogens with two attached hydrogens (primary N) is 1. The lowest BCUT2D eigenvalue weighted by Gasteiger charge is -2.40. The van der Waals surface area contributed by atoms with Crippen LogP contribution in [0.25, 0.3) is 0 Å². The molecule has 0 bridgehead atoms. The summed E-state index contributed by atoms with van der Waals surface area (Å²) in [6.45, 7) is 5.84. The first-order chi connectivity index (χ1) is 7.24. The Morgan fingerprint density at radius 2 is 2.13 bits per heavy atom. The van der Waals surface area contributed by atoms with Gasteiger partial charge in [-0.1, -0.05) is 19.8 Å². The van der Waals surface area contributed by atoms with Gasteiger partial charge >= 0.3 is 0 Å². The molecule has 0 aliphatic heterocycles. The van der Waals surface area contributed by atoms with Crippen LogP contribution < -0.4 is 5.73 Å². The van der Waals surface area contributed by atoms with E-state index in [1.54, 1.807) is 0 Å². The van der Waals surface area contributed by atoms with Crippen molar-refractivity contribution in [2.45, 2.75) is 51.6 Å².